The van der Waals surface area contributed by atoms with Gasteiger partial charge in [0.2, 0.25) is 0 Å². The maximum absolute atomic E-state index is 12.8. The van der Waals surface area contributed by atoms with Gasteiger partial charge in [-0.25, -0.2) is 0 Å². The molecule has 0 aliphatic carbocycles. The van der Waals surface area contributed by atoms with Crippen LogP contribution in [0.2, 0.25) is 0 Å². The van der Waals surface area contributed by atoms with Gasteiger partial charge in [0, 0.05) is 22.7 Å². The second-order valence-electron chi connectivity index (χ2n) is 5.64. The zero-order valence-electron chi connectivity index (χ0n) is 13.4. The number of nitriles is 2. The van der Waals surface area contributed by atoms with Gasteiger partial charge in [0.15, 0.2) is 5.78 Å². The molecule has 25 heavy (non-hydrogen) atoms. The summed E-state index contributed by atoms with van der Waals surface area (Å²) in [6.45, 7) is 0. The smallest absolute Gasteiger partial charge is 0.186 e. The Morgan fingerprint density at radius 1 is 0.840 bits per heavy atom. The zero-order chi connectivity index (χ0) is 17.6. The highest BCUT2D eigenvalue weighted by molar-refractivity contribution is 7.99. The number of benzene rings is 2. The third-order valence-corrected chi connectivity index (χ3v) is 4.84. The molecule has 2 aromatic carbocycles. The van der Waals surface area contributed by atoms with E-state index in [9.17, 15) is 4.79 Å². The lowest BCUT2D eigenvalue weighted by atomic mass is 9.99. The van der Waals surface area contributed by atoms with Crippen LogP contribution in [0.4, 0.5) is 0 Å². The lowest BCUT2D eigenvalue weighted by molar-refractivity contribution is -0.112. The highest BCUT2D eigenvalue weighted by Gasteiger charge is 2.21. The Kier molecular flexibility index (Phi) is 5.14. The van der Waals surface area contributed by atoms with Gasteiger partial charge < -0.3 is 0 Å². The standard InChI is InChI=1S/C21H14N2OS/c22-11-17-5-1-3-15(7-17)9-19-13-25-14-20(21(19)24)10-16-4-2-6-18(8-16)12-23/h1-10H,13-14H2. The molecule has 0 spiro atoms. The summed E-state index contributed by atoms with van der Waals surface area (Å²) >= 11 is 1.69. The van der Waals surface area contributed by atoms with Crippen molar-refractivity contribution in [3.8, 4) is 12.1 Å². The van der Waals surface area contributed by atoms with Crippen LogP contribution in [0.3, 0.4) is 0 Å². The van der Waals surface area contributed by atoms with E-state index in [4.69, 9.17) is 10.5 Å². The van der Waals surface area contributed by atoms with Crippen molar-refractivity contribution >= 4 is 29.7 Å². The van der Waals surface area contributed by atoms with Gasteiger partial charge in [0.25, 0.3) is 0 Å². The van der Waals surface area contributed by atoms with E-state index in [1.54, 1.807) is 36.0 Å². The number of thioether (sulfide) groups is 1. The first-order valence-corrected chi connectivity index (χ1v) is 8.89. The second-order valence-corrected chi connectivity index (χ2v) is 6.62. The van der Waals surface area contributed by atoms with Crippen LogP contribution in [0, 0.1) is 22.7 Å². The van der Waals surface area contributed by atoms with Crippen LogP contribution in [0.25, 0.3) is 12.2 Å². The maximum atomic E-state index is 12.8. The molecule has 3 nitrogen and oxygen atoms in total. The van der Waals surface area contributed by atoms with Gasteiger partial charge >= 0.3 is 0 Å². The Bertz CT molecular complexity index is 896. The van der Waals surface area contributed by atoms with Crippen molar-refractivity contribution < 1.29 is 4.79 Å². The van der Waals surface area contributed by atoms with Gasteiger partial charge in [0.05, 0.1) is 23.3 Å². The Labute approximate surface area is 150 Å². The topological polar surface area (TPSA) is 64.7 Å². The highest BCUT2D eigenvalue weighted by atomic mass is 32.2. The molecule has 0 unspecified atom stereocenters. The molecule has 0 N–H and O–H groups in total. The SMILES string of the molecule is N#Cc1cccc(C=C2CSCC(=Cc3cccc(C#N)c3)C2=O)c1. The summed E-state index contributed by atoms with van der Waals surface area (Å²) in [6.07, 6.45) is 3.71. The Balaban J connectivity index is 1.90. The predicted molar refractivity (Wildman–Crippen MR) is 101 cm³/mol. The van der Waals surface area contributed by atoms with Crippen molar-refractivity contribution in [2.75, 3.05) is 11.5 Å². The molecule has 0 saturated carbocycles. The molecule has 0 atom stereocenters. The lowest BCUT2D eigenvalue weighted by Gasteiger charge is -2.16. The fourth-order valence-corrected chi connectivity index (χ4v) is 3.59. The summed E-state index contributed by atoms with van der Waals surface area (Å²) in [5.74, 6) is 1.35. The van der Waals surface area contributed by atoms with Gasteiger partial charge in [-0.15, -0.1) is 0 Å². The number of ketones is 1. The van der Waals surface area contributed by atoms with Gasteiger partial charge in [-0.3, -0.25) is 4.79 Å². The first kappa shape index (κ1) is 16.8. The normalized spacial score (nSPS) is 17.3. The third-order valence-electron chi connectivity index (χ3n) is 3.81. The third kappa shape index (κ3) is 4.07. The van der Waals surface area contributed by atoms with E-state index >= 15 is 0 Å². The van der Waals surface area contributed by atoms with E-state index in [0.717, 1.165) is 22.3 Å². The summed E-state index contributed by atoms with van der Waals surface area (Å²) in [7, 11) is 0. The van der Waals surface area contributed by atoms with E-state index in [2.05, 4.69) is 12.1 Å². The van der Waals surface area contributed by atoms with Crippen LogP contribution in [-0.4, -0.2) is 17.3 Å². The molecular formula is C21H14N2OS. The minimum absolute atomic E-state index is 0.0310. The number of rotatable bonds is 2. The van der Waals surface area contributed by atoms with Crippen LogP contribution in [0.15, 0.2) is 59.7 Å². The molecule has 1 aliphatic heterocycles. The zero-order valence-corrected chi connectivity index (χ0v) is 14.2. The van der Waals surface area contributed by atoms with Gasteiger partial charge in [0.1, 0.15) is 0 Å². The van der Waals surface area contributed by atoms with E-state index < -0.39 is 0 Å². The molecule has 0 amide bonds. The van der Waals surface area contributed by atoms with Crippen molar-refractivity contribution in [2.24, 2.45) is 0 Å². The average molecular weight is 342 g/mol. The van der Waals surface area contributed by atoms with Crippen molar-refractivity contribution in [1.82, 2.24) is 0 Å². The molecule has 0 radical (unpaired) electrons. The Morgan fingerprint density at radius 2 is 1.32 bits per heavy atom. The van der Waals surface area contributed by atoms with Gasteiger partial charge in [-0.2, -0.15) is 22.3 Å². The van der Waals surface area contributed by atoms with Crippen molar-refractivity contribution in [3.63, 3.8) is 0 Å². The molecule has 1 heterocycles. The number of nitrogens with zero attached hydrogens (tertiary/aromatic N) is 2. The van der Waals surface area contributed by atoms with Crippen molar-refractivity contribution in [1.29, 1.82) is 10.5 Å². The average Bonchev–Trinajstić information content (AvgIpc) is 2.65. The molecule has 0 aromatic heterocycles. The van der Waals surface area contributed by atoms with Crippen LogP contribution in [0.5, 0.6) is 0 Å². The number of carbonyl (C=O) groups excluding carboxylic acids is 1. The van der Waals surface area contributed by atoms with Gasteiger partial charge in [-0.1, -0.05) is 24.3 Å². The fourth-order valence-electron chi connectivity index (χ4n) is 2.62. The van der Waals surface area contributed by atoms with Gasteiger partial charge in [-0.05, 0) is 47.5 Å². The molecule has 4 heteroatoms. The molecule has 3 rings (SSSR count). The van der Waals surface area contributed by atoms with E-state index in [-0.39, 0.29) is 5.78 Å². The highest BCUT2D eigenvalue weighted by Crippen LogP contribution is 2.27. The summed E-state index contributed by atoms with van der Waals surface area (Å²) in [5, 5.41) is 18.0. The Morgan fingerprint density at radius 3 is 1.76 bits per heavy atom. The molecule has 120 valence electrons. The largest absolute Gasteiger partial charge is 0.289 e. The molecule has 1 fully saturated rings. The van der Waals surface area contributed by atoms with Crippen LogP contribution >= 0.6 is 11.8 Å². The summed E-state index contributed by atoms with van der Waals surface area (Å²) in [5.41, 5.74) is 4.33. The minimum Gasteiger partial charge on any atom is -0.289 e. The second kappa shape index (κ2) is 7.66. The van der Waals surface area contributed by atoms with Crippen LogP contribution < -0.4 is 0 Å². The fraction of sp³-hybridized carbons (Fsp3) is 0.0952. The molecular weight excluding hydrogens is 328 g/mol. The van der Waals surface area contributed by atoms with Crippen molar-refractivity contribution in [2.45, 2.75) is 0 Å². The molecule has 1 aliphatic rings. The van der Waals surface area contributed by atoms with Crippen molar-refractivity contribution in [3.05, 3.63) is 81.9 Å². The number of hydrogen-bond donors (Lipinski definition) is 0. The summed E-state index contributed by atoms with van der Waals surface area (Å²) in [4.78, 5) is 12.8. The molecule has 2 aromatic rings. The van der Waals surface area contributed by atoms with Crippen LogP contribution in [-0.2, 0) is 4.79 Å². The minimum atomic E-state index is 0.0310. The number of Topliss-reactive ketones (excluding diaryl/α,β-unsaturated/α-hetero) is 1. The monoisotopic (exact) mass is 342 g/mol. The molecule has 0 bridgehead atoms. The Hall–Kier alpha value is -3.08. The number of hydrogen-bond acceptors (Lipinski definition) is 4. The van der Waals surface area contributed by atoms with E-state index in [0.29, 0.717) is 22.6 Å². The van der Waals surface area contributed by atoms with E-state index in [1.807, 2.05) is 36.4 Å². The summed E-state index contributed by atoms with van der Waals surface area (Å²) in [6, 6.07) is 18.7. The predicted octanol–water partition coefficient (Wildman–Crippen LogP) is 4.21. The summed E-state index contributed by atoms with van der Waals surface area (Å²) < 4.78 is 0. The first-order chi connectivity index (χ1) is 12.2. The molecule has 1 saturated heterocycles. The van der Waals surface area contributed by atoms with E-state index in [1.165, 1.54) is 0 Å². The maximum Gasteiger partial charge on any atom is 0.186 e. The number of carbonyl (C=O) groups is 1. The lowest BCUT2D eigenvalue weighted by Crippen LogP contribution is -2.16. The van der Waals surface area contributed by atoms with Crippen LogP contribution in [0.1, 0.15) is 22.3 Å². The first-order valence-electron chi connectivity index (χ1n) is 7.73. The quantitative estimate of drug-likeness (QED) is 0.767.